The van der Waals surface area contributed by atoms with Gasteiger partial charge in [0.2, 0.25) is 0 Å². The monoisotopic (exact) mass is 352 g/mol. The van der Waals surface area contributed by atoms with Gasteiger partial charge in [0.1, 0.15) is 12.4 Å². The van der Waals surface area contributed by atoms with Gasteiger partial charge in [-0.2, -0.15) is 0 Å². The molecule has 1 aromatic heterocycles. The molecule has 26 heavy (non-hydrogen) atoms. The van der Waals surface area contributed by atoms with E-state index in [-0.39, 0.29) is 11.9 Å². The van der Waals surface area contributed by atoms with Gasteiger partial charge in [0, 0.05) is 18.4 Å². The van der Waals surface area contributed by atoms with Crippen molar-refractivity contribution in [1.29, 1.82) is 0 Å². The van der Waals surface area contributed by atoms with Crippen LogP contribution in [-0.4, -0.2) is 12.1 Å². The van der Waals surface area contributed by atoms with Gasteiger partial charge < -0.3 is 15.2 Å². The molecule has 4 nitrogen and oxygen atoms in total. The van der Waals surface area contributed by atoms with Crippen LogP contribution >= 0.6 is 0 Å². The number of ether oxygens (including phenoxy) is 2. The Balaban J connectivity index is 1.80. The fourth-order valence-electron chi connectivity index (χ4n) is 2.73. The second-order valence-corrected chi connectivity index (χ2v) is 5.96. The van der Waals surface area contributed by atoms with Crippen molar-refractivity contribution in [2.24, 2.45) is 5.73 Å². The van der Waals surface area contributed by atoms with Crippen LogP contribution in [0, 0.1) is 5.82 Å². The fraction of sp³-hybridized carbons (Fsp3) is 0.190. The van der Waals surface area contributed by atoms with Crippen molar-refractivity contribution in [3.05, 3.63) is 89.5 Å². The summed E-state index contributed by atoms with van der Waals surface area (Å²) in [5.41, 5.74) is 9.11. The molecule has 0 aliphatic heterocycles. The maximum absolute atomic E-state index is 13.1. The van der Waals surface area contributed by atoms with Crippen molar-refractivity contribution >= 4 is 0 Å². The second kappa shape index (κ2) is 8.45. The third-order valence-corrected chi connectivity index (χ3v) is 4.13. The molecule has 5 heteroatoms. The van der Waals surface area contributed by atoms with E-state index in [1.165, 1.54) is 12.1 Å². The summed E-state index contributed by atoms with van der Waals surface area (Å²) in [6.45, 7) is 0.315. The lowest BCUT2D eigenvalue weighted by Crippen LogP contribution is -2.14. The number of hydrogen-bond donors (Lipinski definition) is 1. The van der Waals surface area contributed by atoms with E-state index in [9.17, 15) is 4.39 Å². The van der Waals surface area contributed by atoms with E-state index in [4.69, 9.17) is 15.2 Å². The molecule has 1 atom stereocenters. The average Bonchev–Trinajstić information content (AvgIpc) is 2.68. The maximum atomic E-state index is 13.1. The molecule has 0 aliphatic rings. The third-order valence-electron chi connectivity index (χ3n) is 4.13. The number of nitrogens with two attached hydrogens (primary N) is 1. The Labute approximate surface area is 152 Å². The number of aromatic nitrogens is 1. The maximum Gasteiger partial charge on any atom is 0.164 e. The first-order chi connectivity index (χ1) is 12.7. The van der Waals surface area contributed by atoms with Crippen molar-refractivity contribution in [2.75, 3.05) is 7.11 Å². The number of hydrogen-bond acceptors (Lipinski definition) is 4. The van der Waals surface area contributed by atoms with Crippen LogP contribution in [0.4, 0.5) is 4.39 Å². The van der Waals surface area contributed by atoms with Crippen molar-refractivity contribution in [3.63, 3.8) is 0 Å². The summed E-state index contributed by atoms with van der Waals surface area (Å²) < 4.78 is 24.5. The minimum absolute atomic E-state index is 0.205. The van der Waals surface area contributed by atoms with Gasteiger partial charge in [-0.15, -0.1) is 0 Å². The number of halogens is 1. The van der Waals surface area contributed by atoms with E-state index >= 15 is 0 Å². The zero-order chi connectivity index (χ0) is 18.4. The lowest BCUT2D eigenvalue weighted by molar-refractivity contribution is 0.280. The van der Waals surface area contributed by atoms with E-state index in [2.05, 4.69) is 4.98 Å². The SMILES string of the molecule is COc1cccc(CC(N)c2cccnc2)c1OCc1ccc(F)cc1. The van der Waals surface area contributed by atoms with Gasteiger partial charge >= 0.3 is 0 Å². The molecule has 0 amide bonds. The summed E-state index contributed by atoms with van der Waals surface area (Å²) in [5.74, 6) is 1.02. The lowest BCUT2D eigenvalue weighted by Gasteiger charge is -2.18. The Bertz CT molecular complexity index is 838. The van der Waals surface area contributed by atoms with E-state index in [1.807, 2.05) is 30.3 Å². The molecule has 0 saturated carbocycles. The Morgan fingerprint density at radius 2 is 1.88 bits per heavy atom. The molecule has 1 unspecified atom stereocenters. The molecule has 2 aromatic carbocycles. The van der Waals surface area contributed by atoms with Crippen LogP contribution in [0.25, 0.3) is 0 Å². The van der Waals surface area contributed by atoms with Gasteiger partial charge in [0.05, 0.1) is 7.11 Å². The summed E-state index contributed by atoms with van der Waals surface area (Å²) in [7, 11) is 1.60. The molecule has 0 radical (unpaired) electrons. The number of pyridine rings is 1. The minimum atomic E-state index is -0.269. The van der Waals surface area contributed by atoms with Crippen molar-refractivity contribution in [3.8, 4) is 11.5 Å². The molecule has 2 N–H and O–H groups in total. The fourth-order valence-corrected chi connectivity index (χ4v) is 2.73. The van der Waals surface area contributed by atoms with Gasteiger partial charge in [0.15, 0.2) is 11.5 Å². The van der Waals surface area contributed by atoms with Gasteiger partial charge in [0.25, 0.3) is 0 Å². The highest BCUT2D eigenvalue weighted by molar-refractivity contribution is 5.47. The topological polar surface area (TPSA) is 57.4 Å². The number of nitrogens with zero attached hydrogens (tertiary/aromatic N) is 1. The Morgan fingerprint density at radius 3 is 2.58 bits per heavy atom. The zero-order valence-corrected chi connectivity index (χ0v) is 14.6. The second-order valence-electron chi connectivity index (χ2n) is 5.96. The molecular formula is C21H21FN2O2. The molecule has 0 fully saturated rings. The summed E-state index contributed by atoms with van der Waals surface area (Å²) in [5, 5.41) is 0. The van der Waals surface area contributed by atoms with Crippen LogP contribution < -0.4 is 15.2 Å². The zero-order valence-electron chi connectivity index (χ0n) is 14.6. The summed E-state index contributed by atoms with van der Waals surface area (Å²) in [6.07, 6.45) is 4.07. The van der Waals surface area contributed by atoms with E-state index in [0.717, 1.165) is 16.7 Å². The average molecular weight is 352 g/mol. The molecule has 0 spiro atoms. The molecule has 1 heterocycles. The predicted molar refractivity (Wildman–Crippen MR) is 98.6 cm³/mol. The van der Waals surface area contributed by atoms with Crippen LogP contribution in [0.15, 0.2) is 67.0 Å². The standard InChI is InChI=1S/C21H21FN2O2/c1-25-20-6-2-4-16(12-19(23)17-5-3-11-24-13-17)21(20)26-14-15-7-9-18(22)10-8-15/h2-11,13,19H,12,14,23H2,1H3. The largest absolute Gasteiger partial charge is 0.493 e. The van der Waals surface area contributed by atoms with E-state index in [1.54, 1.807) is 31.6 Å². The Kier molecular flexibility index (Phi) is 5.81. The first kappa shape index (κ1) is 17.9. The first-order valence-corrected chi connectivity index (χ1v) is 8.36. The molecule has 134 valence electrons. The Morgan fingerprint density at radius 1 is 1.08 bits per heavy atom. The van der Waals surface area contributed by atoms with Gasteiger partial charge in [-0.1, -0.05) is 30.3 Å². The normalized spacial score (nSPS) is 11.8. The highest BCUT2D eigenvalue weighted by atomic mass is 19.1. The van der Waals surface area contributed by atoms with Crippen molar-refractivity contribution in [1.82, 2.24) is 4.98 Å². The van der Waals surface area contributed by atoms with Gasteiger partial charge in [-0.3, -0.25) is 4.98 Å². The van der Waals surface area contributed by atoms with E-state index < -0.39 is 0 Å². The molecule has 3 aromatic rings. The van der Waals surface area contributed by atoms with Crippen LogP contribution in [0.1, 0.15) is 22.7 Å². The summed E-state index contributed by atoms with van der Waals surface area (Å²) >= 11 is 0. The van der Waals surface area contributed by atoms with Gasteiger partial charge in [-0.05, 0) is 47.4 Å². The van der Waals surface area contributed by atoms with Crippen LogP contribution in [-0.2, 0) is 13.0 Å². The minimum Gasteiger partial charge on any atom is -0.493 e. The summed E-state index contributed by atoms with van der Waals surface area (Å²) in [6, 6.07) is 15.6. The smallest absolute Gasteiger partial charge is 0.164 e. The first-order valence-electron chi connectivity index (χ1n) is 8.36. The molecular weight excluding hydrogens is 331 g/mol. The Hall–Kier alpha value is -2.92. The van der Waals surface area contributed by atoms with Crippen molar-refractivity contribution < 1.29 is 13.9 Å². The third kappa shape index (κ3) is 4.37. The van der Waals surface area contributed by atoms with Gasteiger partial charge in [-0.25, -0.2) is 4.39 Å². The number of benzene rings is 2. The number of methoxy groups -OCH3 is 1. The molecule has 0 saturated heterocycles. The predicted octanol–water partition coefficient (Wildman–Crippen LogP) is 4.05. The molecule has 0 bridgehead atoms. The van der Waals surface area contributed by atoms with E-state index in [0.29, 0.717) is 24.5 Å². The van der Waals surface area contributed by atoms with Crippen LogP contribution in [0.5, 0.6) is 11.5 Å². The number of para-hydroxylation sites is 1. The molecule has 0 aliphatic carbocycles. The molecule has 3 rings (SSSR count). The lowest BCUT2D eigenvalue weighted by atomic mass is 10.00. The number of rotatable bonds is 7. The highest BCUT2D eigenvalue weighted by Gasteiger charge is 2.15. The summed E-state index contributed by atoms with van der Waals surface area (Å²) in [4.78, 5) is 4.12. The quantitative estimate of drug-likeness (QED) is 0.697. The van der Waals surface area contributed by atoms with Crippen LogP contribution in [0.2, 0.25) is 0 Å². The highest BCUT2D eigenvalue weighted by Crippen LogP contribution is 2.34. The van der Waals surface area contributed by atoms with Crippen LogP contribution in [0.3, 0.4) is 0 Å². The van der Waals surface area contributed by atoms with Crippen molar-refractivity contribution in [2.45, 2.75) is 19.1 Å².